The zero-order chi connectivity index (χ0) is 22.8. The van der Waals surface area contributed by atoms with Gasteiger partial charge in [0, 0.05) is 24.8 Å². The van der Waals surface area contributed by atoms with Crippen LogP contribution in [0.5, 0.6) is 11.5 Å². The van der Waals surface area contributed by atoms with Crippen LogP contribution in [0.25, 0.3) is 5.69 Å². The molecular formula is C22H19F3N4O3. The summed E-state index contributed by atoms with van der Waals surface area (Å²) in [7, 11) is 1.33. The Bertz CT molecular complexity index is 1130. The van der Waals surface area contributed by atoms with Crippen LogP contribution in [0.2, 0.25) is 0 Å². The Balaban J connectivity index is 1.61. The highest BCUT2D eigenvalue weighted by Gasteiger charge is 2.33. The molecule has 0 bridgehead atoms. The highest BCUT2D eigenvalue weighted by Crippen LogP contribution is 2.41. The van der Waals surface area contributed by atoms with Gasteiger partial charge >= 0.3 is 0 Å². The number of hydrogen-bond donors (Lipinski definition) is 1. The van der Waals surface area contributed by atoms with Crippen LogP contribution < -0.4 is 9.47 Å². The molecule has 4 rings (SSSR count). The standard InChI is InChI=1S/C22H19F3N4O3/c1-31-21-13(8-26)2-7-18(32-12-19(24)25)20(21)22(30)28-9-14-10-29(27-17(14)11-28)16-5-3-15(23)4-6-16/h2-7,10,19,22,30H,9,11-12H2,1H3. The van der Waals surface area contributed by atoms with Crippen LogP contribution >= 0.6 is 0 Å². The minimum atomic E-state index is -2.70. The fraction of sp³-hybridized carbons (Fsp3) is 0.273. The van der Waals surface area contributed by atoms with Crippen molar-refractivity contribution in [2.45, 2.75) is 25.7 Å². The van der Waals surface area contributed by atoms with E-state index in [2.05, 4.69) is 5.10 Å². The van der Waals surface area contributed by atoms with Crippen LogP contribution in [-0.2, 0) is 13.1 Å². The van der Waals surface area contributed by atoms with Crippen molar-refractivity contribution in [1.82, 2.24) is 14.7 Å². The summed E-state index contributed by atoms with van der Waals surface area (Å²) in [5.41, 5.74) is 2.49. The molecule has 0 radical (unpaired) electrons. The van der Waals surface area contributed by atoms with E-state index in [1.165, 1.54) is 31.4 Å². The number of rotatable bonds is 7. The van der Waals surface area contributed by atoms with Crippen molar-refractivity contribution >= 4 is 0 Å². The van der Waals surface area contributed by atoms with Gasteiger partial charge in [-0.05, 0) is 36.4 Å². The van der Waals surface area contributed by atoms with E-state index < -0.39 is 19.3 Å². The first kappa shape index (κ1) is 21.7. The lowest BCUT2D eigenvalue weighted by atomic mass is 10.1. The summed E-state index contributed by atoms with van der Waals surface area (Å²) in [6, 6.07) is 10.6. The van der Waals surface area contributed by atoms with Gasteiger partial charge < -0.3 is 14.6 Å². The molecule has 0 aliphatic carbocycles. The molecule has 3 aromatic rings. The number of methoxy groups -OCH3 is 1. The van der Waals surface area contributed by atoms with Gasteiger partial charge in [-0.2, -0.15) is 10.4 Å². The van der Waals surface area contributed by atoms with Crippen molar-refractivity contribution in [3.63, 3.8) is 0 Å². The molecule has 166 valence electrons. The molecule has 1 aromatic heterocycles. The third-order valence-corrected chi connectivity index (χ3v) is 5.14. The molecule has 0 saturated carbocycles. The summed E-state index contributed by atoms with van der Waals surface area (Å²) >= 11 is 0. The SMILES string of the molecule is COc1c(C#N)ccc(OCC(F)F)c1C(O)N1Cc2cn(-c3ccc(F)cc3)nc2C1. The second kappa shape index (κ2) is 8.90. The number of ether oxygens (including phenoxy) is 2. The average molecular weight is 444 g/mol. The van der Waals surface area contributed by atoms with E-state index in [0.717, 1.165) is 5.56 Å². The second-order valence-corrected chi connectivity index (χ2v) is 7.17. The normalized spacial score (nSPS) is 14.3. The molecule has 1 aliphatic heterocycles. The number of alkyl halides is 2. The van der Waals surface area contributed by atoms with Gasteiger partial charge in [0.15, 0.2) is 0 Å². The number of aliphatic hydroxyl groups excluding tert-OH is 1. The first-order valence-electron chi connectivity index (χ1n) is 9.68. The number of benzene rings is 2. The fourth-order valence-corrected chi connectivity index (χ4v) is 3.67. The van der Waals surface area contributed by atoms with Crippen LogP contribution in [0.1, 0.15) is 28.6 Å². The van der Waals surface area contributed by atoms with Gasteiger partial charge in [-0.1, -0.05) is 0 Å². The summed E-state index contributed by atoms with van der Waals surface area (Å²) in [5.74, 6) is -0.275. The molecule has 0 fully saturated rings. The largest absolute Gasteiger partial charge is 0.495 e. The maximum absolute atomic E-state index is 13.2. The van der Waals surface area contributed by atoms with Crippen LogP contribution in [0.3, 0.4) is 0 Å². The number of aromatic nitrogens is 2. The van der Waals surface area contributed by atoms with E-state index in [-0.39, 0.29) is 35.0 Å². The third kappa shape index (κ3) is 4.12. The van der Waals surface area contributed by atoms with Gasteiger partial charge in [0.2, 0.25) is 0 Å². The van der Waals surface area contributed by atoms with Crippen molar-refractivity contribution in [3.8, 4) is 23.3 Å². The van der Waals surface area contributed by atoms with Gasteiger partial charge in [-0.15, -0.1) is 0 Å². The van der Waals surface area contributed by atoms with E-state index in [9.17, 15) is 23.5 Å². The predicted octanol–water partition coefficient (Wildman–Crippen LogP) is 3.54. The maximum atomic E-state index is 13.2. The second-order valence-electron chi connectivity index (χ2n) is 7.17. The number of halogens is 3. The number of aliphatic hydroxyl groups is 1. The molecule has 32 heavy (non-hydrogen) atoms. The summed E-state index contributed by atoms with van der Waals surface area (Å²) in [5, 5.41) is 25.0. The Labute approximate surface area is 181 Å². The van der Waals surface area contributed by atoms with Crippen LogP contribution in [-0.4, -0.2) is 39.9 Å². The van der Waals surface area contributed by atoms with Crippen molar-refractivity contribution in [1.29, 1.82) is 5.26 Å². The molecule has 0 amide bonds. The predicted molar refractivity (Wildman–Crippen MR) is 107 cm³/mol. The van der Waals surface area contributed by atoms with Gasteiger partial charge in [0.25, 0.3) is 6.43 Å². The fourth-order valence-electron chi connectivity index (χ4n) is 3.67. The van der Waals surface area contributed by atoms with Crippen molar-refractivity contribution in [3.05, 3.63) is 70.8 Å². The Kier molecular flexibility index (Phi) is 6.03. The topological polar surface area (TPSA) is 83.5 Å². The molecule has 10 heteroatoms. The average Bonchev–Trinajstić information content (AvgIpc) is 3.36. The highest BCUT2D eigenvalue weighted by molar-refractivity contribution is 5.56. The van der Waals surface area contributed by atoms with Gasteiger partial charge in [0.1, 0.15) is 36.2 Å². The lowest BCUT2D eigenvalue weighted by molar-refractivity contribution is -0.00757. The quantitative estimate of drug-likeness (QED) is 0.600. The smallest absolute Gasteiger partial charge is 0.272 e. The van der Waals surface area contributed by atoms with Crippen molar-refractivity contribution in [2.24, 2.45) is 0 Å². The number of nitriles is 1. The molecule has 0 spiro atoms. The molecule has 2 heterocycles. The van der Waals surface area contributed by atoms with Crippen LogP contribution in [0.4, 0.5) is 13.2 Å². The van der Waals surface area contributed by atoms with E-state index >= 15 is 0 Å². The molecule has 7 nitrogen and oxygen atoms in total. The highest BCUT2D eigenvalue weighted by atomic mass is 19.3. The molecule has 1 atom stereocenters. The number of fused-ring (bicyclic) bond motifs is 1. The van der Waals surface area contributed by atoms with Crippen molar-refractivity contribution in [2.75, 3.05) is 13.7 Å². The molecule has 2 aromatic carbocycles. The Morgan fingerprint density at radius 1 is 1.19 bits per heavy atom. The maximum Gasteiger partial charge on any atom is 0.272 e. The molecule has 1 aliphatic rings. The summed E-state index contributed by atoms with van der Waals surface area (Å²) in [4.78, 5) is 1.65. The van der Waals surface area contributed by atoms with Crippen molar-refractivity contribution < 1.29 is 27.8 Å². The van der Waals surface area contributed by atoms with E-state index in [1.807, 2.05) is 6.07 Å². The van der Waals surface area contributed by atoms with E-state index in [4.69, 9.17) is 9.47 Å². The minimum absolute atomic E-state index is 0.00886. The zero-order valence-corrected chi connectivity index (χ0v) is 17.0. The lowest BCUT2D eigenvalue weighted by Gasteiger charge is -2.26. The van der Waals surface area contributed by atoms with Crippen LogP contribution in [0, 0.1) is 17.1 Å². The van der Waals surface area contributed by atoms with Gasteiger partial charge in [-0.3, -0.25) is 4.90 Å². The Hall–Kier alpha value is -3.55. The van der Waals surface area contributed by atoms with E-state index in [0.29, 0.717) is 17.9 Å². The van der Waals surface area contributed by atoms with Crippen LogP contribution in [0.15, 0.2) is 42.6 Å². The zero-order valence-electron chi connectivity index (χ0n) is 17.0. The molecule has 0 saturated heterocycles. The summed E-state index contributed by atoms with van der Waals surface area (Å²) in [6.07, 6.45) is -2.21. The summed E-state index contributed by atoms with van der Waals surface area (Å²) < 4.78 is 50.7. The molecular weight excluding hydrogens is 425 g/mol. The monoisotopic (exact) mass is 444 g/mol. The van der Waals surface area contributed by atoms with E-state index in [1.54, 1.807) is 27.9 Å². The lowest BCUT2D eigenvalue weighted by Crippen LogP contribution is -2.25. The van der Waals surface area contributed by atoms with Gasteiger partial charge in [-0.25, -0.2) is 17.9 Å². The number of nitrogens with zero attached hydrogens (tertiary/aromatic N) is 4. The minimum Gasteiger partial charge on any atom is -0.495 e. The summed E-state index contributed by atoms with van der Waals surface area (Å²) in [6.45, 7) is -0.288. The number of hydrogen-bond acceptors (Lipinski definition) is 6. The molecule has 1 unspecified atom stereocenters. The Morgan fingerprint density at radius 3 is 2.56 bits per heavy atom. The third-order valence-electron chi connectivity index (χ3n) is 5.14. The first-order chi connectivity index (χ1) is 15.4. The molecule has 1 N–H and O–H groups in total. The first-order valence-corrected chi connectivity index (χ1v) is 9.68. The van der Waals surface area contributed by atoms with Gasteiger partial charge in [0.05, 0.1) is 29.6 Å². The Morgan fingerprint density at radius 2 is 1.94 bits per heavy atom.